The Bertz CT molecular complexity index is 1450. The molecule has 1 aromatic heterocycles. The van der Waals surface area contributed by atoms with E-state index in [1.165, 1.54) is 12.1 Å². The van der Waals surface area contributed by atoms with E-state index in [0.29, 0.717) is 30.4 Å². The first-order chi connectivity index (χ1) is 17.2. The Hall–Kier alpha value is -4.71. The van der Waals surface area contributed by atoms with Gasteiger partial charge >= 0.3 is 0 Å². The zero-order chi connectivity index (χ0) is 24.0. The summed E-state index contributed by atoms with van der Waals surface area (Å²) >= 11 is 0. The second-order valence-electron chi connectivity index (χ2n) is 7.99. The van der Waals surface area contributed by atoms with Crippen LogP contribution < -0.4 is 9.47 Å². The van der Waals surface area contributed by atoms with Crippen molar-refractivity contribution >= 4 is 16.6 Å². The predicted molar refractivity (Wildman–Crippen MR) is 135 cm³/mol. The number of pyridine rings is 1. The molecule has 0 aliphatic carbocycles. The van der Waals surface area contributed by atoms with Gasteiger partial charge in [0.15, 0.2) is 0 Å². The van der Waals surface area contributed by atoms with Gasteiger partial charge < -0.3 is 9.47 Å². The van der Waals surface area contributed by atoms with Crippen LogP contribution in [0, 0.1) is 10.1 Å². The molecule has 0 spiro atoms. The van der Waals surface area contributed by atoms with Gasteiger partial charge in [-0.15, -0.1) is 0 Å². The predicted octanol–water partition coefficient (Wildman–Crippen LogP) is 6.97. The van der Waals surface area contributed by atoms with Gasteiger partial charge in [0.2, 0.25) is 5.88 Å². The molecular formula is C29H22N2O4. The first kappa shape index (κ1) is 22.1. The summed E-state index contributed by atoms with van der Waals surface area (Å²) in [6.07, 6.45) is 0. The van der Waals surface area contributed by atoms with Crippen LogP contribution in [0.5, 0.6) is 11.6 Å². The van der Waals surface area contributed by atoms with E-state index in [-0.39, 0.29) is 5.69 Å². The summed E-state index contributed by atoms with van der Waals surface area (Å²) in [6.45, 7) is 0.678. The Morgan fingerprint density at radius 3 is 1.89 bits per heavy atom. The molecule has 0 aliphatic rings. The molecule has 5 aromatic rings. The molecule has 0 unspecified atom stereocenters. The second kappa shape index (κ2) is 10.1. The van der Waals surface area contributed by atoms with Crippen LogP contribution in [0.25, 0.3) is 22.0 Å². The Kier molecular flexibility index (Phi) is 6.35. The van der Waals surface area contributed by atoms with Gasteiger partial charge in [0.05, 0.1) is 16.0 Å². The summed E-state index contributed by atoms with van der Waals surface area (Å²) in [7, 11) is 0. The number of non-ortho nitro benzene ring substituents is 1. The maximum atomic E-state index is 11.2. The molecule has 0 N–H and O–H groups in total. The van der Waals surface area contributed by atoms with Crippen molar-refractivity contribution < 1.29 is 14.4 Å². The van der Waals surface area contributed by atoms with Gasteiger partial charge in [-0.05, 0) is 41.0 Å². The number of nitro groups is 1. The van der Waals surface area contributed by atoms with E-state index in [2.05, 4.69) is 0 Å². The maximum Gasteiger partial charge on any atom is 0.269 e. The Morgan fingerprint density at radius 2 is 1.26 bits per heavy atom. The van der Waals surface area contributed by atoms with E-state index in [1.807, 2.05) is 84.9 Å². The summed E-state index contributed by atoms with van der Waals surface area (Å²) in [5.74, 6) is 1.03. The monoisotopic (exact) mass is 462 g/mol. The standard InChI is InChI=1S/C29H22N2O4/c32-31(33)24-17-15-23(16-18-24)27-28(34-19-21-9-3-1-4-10-21)25-13-7-8-14-26(25)30-29(27)35-20-22-11-5-2-6-12-22/h1-18H,19-20H2. The minimum Gasteiger partial charge on any atom is -0.487 e. The van der Waals surface area contributed by atoms with Crippen LogP contribution in [-0.4, -0.2) is 9.91 Å². The molecule has 0 aliphatic heterocycles. The molecule has 0 saturated carbocycles. The number of fused-ring (bicyclic) bond motifs is 1. The number of nitrogens with zero attached hydrogens (tertiary/aromatic N) is 2. The summed E-state index contributed by atoms with van der Waals surface area (Å²) in [4.78, 5) is 15.6. The third-order valence-electron chi connectivity index (χ3n) is 5.62. The third kappa shape index (κ3) is 4.96. The topological polar surface area (TPSA) is 74.5 Å². The second-order valence-corrected chi connectivity index (χ2v) is 7.99. The van der Waals surface area contributed by atoms with E-state index < -0.39 is 4.92 Å². The molecular weight excluding hydrogens is 440 g/mol. The van der Waals surface area contributed by atoms with Gasteiger partial charge in [0, 0.05) is 17.5 Å². The lowest BCUT2D eigenvalue weighted by Gasteiger charge is -2.18. The number of hydrogen-bond acceptors (Lipinski definition) is 5. The zero-order valence-corrected chi connectivity index (χ0v) is 18.8. The molecule has 0 radical (unpaired) electrons. The highest BCUT2D eigenvalue weighted by molar-refractivity contribution is 5.94. The van der Waals surface area contributed by atoms with Crippen molar-refractivity contribution in [2.45, 2.75) is 13.2 Å². The van der Waals surface area contributed by atoms with Gasteiger partial charge in [-0.3, -0.25) is 10.1 Å². The number of aromatic nitrogens is 1. The van der Waals surface area contributed by atoms with Crippen LogP contribution in [0.2, 0.25) is 0 Å². The van der Waals surface area contributed by atoms with Crippen molar-refractivity contribution in [3.63, 3.8) is 0 Å². The molecule has 6 nitrogen and oxygen atoms in total. The maximum absolute atomic E-state index is 11.2. The number of hydrogen-bond donors (Lipinski definition) is 0. The van der Waals surface area contributed by atoms with Gasteiger partial charge in [-0.1, -0.05) is 72.8 Å². The first-order valence-corrected chi connectivity index (χ1v) is 11.2. The fourth-order valence-electron chi connectivity index (χ4n) is 3.87. The van der Waals surface area contributed by atoms with E-state index >= 15 is 0 Å². The molecule has 1 heterocycles. The number of para-hydroxylation sites is 1. The fourth-order valence-corrected chi connectivity index (χ4v) is 3.87. The Morgan fingerprint density at radius 1 is 0.686 bits per heavy atom. The van der Waals surface area contributed by atoms with Crippen molar-refractivity contribution in [3.05, 3.63) is 130 Å². The smallest absolute Gasteiger partial charge is 0.269 e. The van der Waals surface area contributed by atoms with E-state index in [0.717, 1.165) is 27.6 Å². The zero-order valence-electron chi connectivity index (χ0n) is 18.8. The number of ether oxygens (including phenoxy) is 2. The quantitative estimate of drug-likeness (QED) is 0.184. The largest absolute Gasteiger partial charge is 0.487 e. The van der Waals surface area contributed by atoms with Crippen LogP contribution in [0.3, 0.4) is 0 Å². The average Bonchev–Trinajstić information content (AvgIpc) is 2.91. The van der Waals surface area contributed by atoms with Crippen LogP contribution in [0.15, 0.2) is 109 Å². The third-order valence-corrected chi connectivity index (χ3v) is 5.62. The summed E-state index contributed by atoms with van der Waals surface area (Å²) in [5, 5.41) is 12.1. The van der Waals surface area contributed by atoms with Crippen LogP contribution in [0.4, 0.5) is 5.69 Å². The first-order valence-electron chi connectivity index (χ1n) is 11.2. The lowest BCUT2D eigenvalue weighted by molar-refractivity contribution is -0.384. The minimum atomic E-state index is -0.415. The molecule has 0 bridgehead atoms. The molecule has 35 heavy (non-hydrogen) atoms. The highest BCUT2D eigenvalue weighted by atomic mass is 16.6. The molecule has 0 atom stereocenters. The number of nitro benzene ring substituents is 1. The highest BCUT2D eigenvalue weighted by Crippen LogP contribution is 2.43. The molecule has 0 amide bonds. The highest BCUT2D eigenvalue weighted by Gasteiger charge is 2.21. The summed E-state index contributed by atoms with van der Waals surface area (Å²) < 4.78 is 12.6. The van der Waals surface area contributed by atoms with Gasteiger partial charge in [0.1, 0.15) is 19.0 Å². The molecule has 4 aromatic carbocycles. The van der Waals surface area contributed by atoms with Crippen LogP contribution in [-0.2, 0) is 13.2 Å². The minimum absolute atomic E-state index is 0.0148. The average molecular weight is 463 g/mol. The Balaban J connectivity index is 1.64. The Labute approximate surface area is 202 Å². The van der Waals surface area contributed by atoms with Crippen LogP contribution in [0.1, 0.15) is 11.1 Å². The van der Waals surface area contributed by atoms with Crippen molar-refractivity contribution in [2.24, 2.45) is 0 Å². The van der Waals surface area contributed by atoms with Gasteiger partial charge in [-0.25, -0.2) is 4.98 Å². The van der Waals surface area contributed by atoms with Crippen molar-refractivity contribution in [1.82, 2.24) is 4.98 Å². The van der Waals surface area contributed by atoms with Gasteiger partial charge in [0.25, 0.3) is 5.69 Å². The molecule has 172 valence electrons. The van der Waals surface area contributed by atoms with E-state index in [4.69, 9.17) is 14.5 Å². The number of benzene rings is 4. The molecule has 0 fully saturated rings. The van der Waals surface area contributed by atoms with E-state index in [1.54, 1.807) is 12.1 Å². The summed E-state index contributed by atoms with van der Waals surface area (Å²) in [6, 6.07) is 33.8. The fraction of sp³-hybridized carbons (Fsp3) is 0.0690. The van der Waals surface area contributed by atoms with Crippen LogP contribution >= 0.6 is 0 Å². The lowest BCUT2D eigenvalue weighted by Crippen LogP contribution is -2.04. The summed E-state index contributed by atoms with van der Waals surface area (Å²) in [5.41, 5.74) is 4.16. The molecule has 5 rings (SSSR count). The van der Waals surface area contributed by atoms with Crippen molar-refractivity contribution in [2.75, 3.05) is 0 Å². The van der Waals surface area contributed by atoms with Gasteiger partial charge in [-0.2, -0.15) is 0 Å². The molecule has 6 heteroatoms. The molecule has 0 saturated heterocycles. The van der Waals surface area contributed by atoms with Crippen molar-refractivity contribution in [1.29, 1.82) is 0 Å². The number of rotatable bonds is 8. The normalized spacial score (nSPS) is 10.7. The van der Waals surface area contributed by atoms with Crippen molar-refractivity contribution in [3.8, 4) is 22.8 Å². The van der Waals surface area contributed by atoms with E-state index in [9.17, 15) is 10.1 Å². The SMILES string of the molecule is O=[N+]([O-])c1ccc(-c2c(OCc3ccccc3)nc3ccccc3c2OCc2ccccc2)cc1. The lowest BCUT2D eigenvalue weighted by atomic mass is 10.0.